The molecular weight excluding hydrogens is 324 g/mol. The van der Waals surface area contributed by atoms with E-state index in [1.807, 2.05) is 25.6 Å². The number of carbonyl (C=O) groups is 1. The standard InChI is InChI=1S/C21H28N4O/c1-12-9-17(21-19(10-12)13(2)14(3)23-21)11-22-20(26)8-7-18-15(4)24-25(6)16(18)5/h9-10,23H,7-8,11H2,1-6H3,(H,22,26). The summed E-state index contributed by atoms with van der Waals surface area (Å²) < 4.78 is 1.88. The molecule has 0 fully saturated rings. The molecule has 0 aliphatic carbocycles. The Bertz CT molecular complexity index is 978. The van der Waals surface area contributed by atoms with Crippen LogP contribution in [0.5, 0.6) is 0 Å². The summed E-state index contributed by atoms with van der Waals surface area (Å²) in [6.45, 7) is 10.9. The predicted molar refractivity (Wildman–Crippen MR) is 105 cm³/mol. The average molecular weight is 352 g/mol. The molecule has 5 heteroatoms. The van der Waals surface area contributed by atoms with Crippen LogP contribution in [0.1, 0.15) is 45.8 Å². The molecule has 5 nitrogen and oxygen atoms in total. The Kier molecular flexibility index (Phi) is 4.90. The third-order valence-electron chi connectivity index (χ3n) is 5.38. The van der Waals surface area contributed by atoms with E-state index in [-0.39, 0.29) is 5.91 Å². The van der Waals surface area contributed by atoms with Crippen LogP contribution in [0.4, 0.5) is 0 Å². The number of amides is 1. The third kappa shape index (κ3) is 3.39. The van der Waals surface area contributed by atoms with E-state index in [0.717, 1.165) is 28.9 Å². The number of carbonyl (C=O) groups excluding carboxylic acids is 1. The second-order valence-electron chi connectivity index (χ2n) is 7.27. The van der Waals surface area contributed by atoms with Crippen molar-refractivity contribution in [3.8, 4) is 0 Å². The zero-order chi connectivity index (χ0) is 19.0. The first kappa shape index (κ1) is 18.2. The SMILES string of the molecule is Cc1cc(CNC(=O)CCc2c(C)nn(C)c2C)c2[nH]c(C)c(C)c2c1. The van der Waals surface area contributed by atoms with Crippen molar-refractivity contribution in [2.24, 2.45) is 7.05 Å². The van der Waals surface area contributed by atoms with Gasteiger partial charge < -0.3 is 10.3 Å². The monoisotopic (exact) mass is 352 g/mol. The zero-order valence-electron chi connectivity index (χ0n) is 16.6. The van der Waals surface area contributed by atoms with Gasteiger partial charge in [0.05, 0.1) is 11.2 Å². The lowest BCUT2D eigenvalue weighted by Gasteiger charge is -2.09. The number of hydrogen-bond acceptors (Lipinski definition) is 2. The number of nitrogens with zero attached hydrogens (tertiary/aromatic N) is 2. The summed E-state index contributed by atoms with van der Waals surface area (Å²) in [4.78, 5) is 15.8. The normalized spacial score (nSPS) is 11.3. The minimum atomic E-state index is 0.0716. The van der Waals surface area contributed by atoms with Gasteiger partial charge in [0.25, 0.3) is 0 Å². The van der Waals surface area contributed by atoms with Gasteiger partial charge in [0.1, 0.15) is 0 Å². The van der Waals surface area contributed by atoms with Crippen molar-refractivity contribution in [2.45, 2.75) is 54.0 Å². The van der Waals surface area contributed by atoms with Gasteiger partial charge >= 0.3 is 0 Å². The Morgan fingerprint density at radius 2 is 1.92 bits per heavy atom. The van der Waals surface area contributed by atoms with Gasteiger partial charge in [0.2, 0.25) is 5.91 Å². The van der Waals surface area contributed by atoms with Crippen molar-refractivity contribution in [1.82, 2.24) is 20.1 Å². The molecule has 138 valence electrons. The molecule has 3 aromatic rings. The van der Waals surface area contributed by atoms with Crippen molar-refractivity contribution < 1.29 is 4.79 Å². The van der Waals surface area contributed by atoms with E-state index in [4.69, 9.17) is 0 Å². The number of aryl methyl sites for hydroxylation is 5. The number of hydrogen-bond donors (Lipinski definition) is 2. The van der Waals surface area contributed by atoms with E-state index in [9.17, 15) is 4.79 Å². The van der Waals surface area contributed by atoms with E-state index < -0.39 is 0 Å². The Morgan fingerprint density at radius 3 is 2.58 bits per heavy atom. The summed E-state index contributed by atoms with van der Waals surface area (Å²) >= 11 is 0. The summed E-state index contributed by atoms with van der Waals surface area (Å²) in [5.74, 6) is 0.0716. The highest BCUT2D eigenvalue weighted by atomic mass is 16.1. The van der Waals surface area contributed by atoms with Crippen LogP contribution in [0.2, 0.25) is 0 Å². The number of fused-ring (bicyclic) bond motifs is 1. The number of aromatic amines is 1. The summed E-state index contributed by atoms with van der Waals surface area (Å²) in [7, 11) is 1.94. The van der Waals surface area contributed by atoms with Gasteiger partial charge in [-0.1, -0.05) is 11.6 Å². The lowest BCUT2D eigenvalue weighted by Crippen LogP contribution is -2.23. The molecule has 1 amide bonds. The van der Waals surface area contributed by atoms with Crippen LogP contribution in [0.15, 0.2) is 12.1 Å². The minimum Gasteiger partial charge on any atom is -0.358 e. The number of benzene rings is 1. The largest absolute Gasteiger partial charge is 0.358 e. The van der Waals surface area contributed by atoms with Crippen LogP contribution in [0, 0.1) is 34.6 Å². The zero-order valence-corrected chi connectivity index (χ0v) is 16.6. The number of rotatable bonds is 5. The van der Waals surface area contributed by atoms with E-state index in [0.29, 0.717) is 13.0 Å². The van der Waals surface area contributed by atoms with Gasteiger partial charge in [0, 0.05) is 36.8 Å². The molecule has 0 radical (unpaired) electrons. The van der Waals surface area contributed by atoms with Crippen LogP contribution >= 0.6 is 0 Å². The first-order chi connectivity index (χ1) is 12.3. The van der Waals surface area contributed by atoms with Crippen molar-refractivity contribution >= 4 is 16.8 Å². The van der Waals surface area contributed by atoms with Crippen molar-refractivity contribution in [3.63, 3.8) is 0 Å². The second kappa shape index (κ2) is 6.98. The highest BCUT2D eigenvalue weighted by Crippen LogP contribution is 2.26. The molecule has 0 saturated heterocycles. The first-order valence-corrected chi connectivity index (χ1v) is 9.12. The Hall–Kier alpha value is -2.56. The number of aromatic nitrogens is 3. The third-order valence-corrected chi connectivity index (χ3v) is 5.38. The smallest absolute Gasteiger partial charge is 0.220 e. The molecule has 0 aliphatic rings. The molecule has 3 rings (SSSR count). The minimum absolute atomic E-state index is 0.0716. The number of H-pyrrole nitrogens is 1. The molecule has 0 spiro atoms. The maximum atomic E-state index is 12.4. The van der Waals surface area contributed by atoms with Gasteiger partial charge in [-0.05, 0) is 63.8 Å². The summed E-state index contributed by atoms with van der Waals surface area (Å²) in [5, 5.41) is 8.74. The average Bonchev–Trinajstić information content (AvgIpc) is 3.00. The Labute approximate surface area is 154 Å². The lowest BCUT2D eigenvalue weighted by atomic mass is 10.0. The molecule has 0 unspecified atom stereocenters. The summed E-state index contributed by atoms with van der Waals surface area (Å²) in [6.07, 6.45) is 1.20. The fourth-order valence-corrected chi connectivity index (χ4v) is 3.63. The maximum Gasteiger partial charge on any atom is 0.220 e. The quantitative estimate of drug-likeness (QED) is 0.735. The highest BCUT2D eigenvalue weighted by Gasteiger charge is 2.13. The van der Waals surface area contributed by atoms with Crippen LogP contribution in [0.3, 0.4) is 0 Å². The molecular formula is C21H28N4O. The second-order valence-corrected chi connectivity index (χ2v) is 7.27. The van der Waals surface area contributed by atoms with Crippen LogP contribution in [-0.4, -0.2) is 20.7 Å². The van der Waals surface area contributed by atoms with Crippen molar-refractivity contribution in [2.75, 3.05) is 0 Å². The molecule has 26 heavy (non-hydrogen) atoms. The van der Waals surface area contributed by atoms with Gasteiger partial charge in [-0.25, -0.2) is 0 Å². The molecule has 2 N–H and O–H groups in total. The molecule has 0 atom stereocenters. The predicted octanol–water partition coefficient (Wildman–Crippen LogP) is 3.69. The summed E-state index contributed by atoms with van der Waals surface area (Å²) in [6, 6.07) is 4.35. The first-order valence-electron chi connectivity index (χ1n) is 9.12. The van der Waals surface area contributed by atoms with Crippen LogP contribution in [-0.2, 0) is 24.8 Å². The van der Waals surface area contributed by atoms with Crippen molar-refractivity contribution in [1.29, 1.82) is 0 Å². The number of nitrogens with one attached hydrogen (secondary N) is 2. The van der Waals surface area contributed by atoms with E-state index >= 15 is 0 Å². The maximum absolute atomic E-state index is 12.4. The molecule has 2 aromatic heterocycles. The molecule has 0 saturated carbocycles. The van der Waals surface area contributed by atoms with Gasteiger partial charge in [-0.3, -0.25) is 9.48 Å². The van der Waals surface area contributed by atoms with E-state index in [1.165, 1.54) is 27.8 Å². The lowest BCUT2D eigenvalue weighted by molar-refractivity contribution is -0.121. The van der Waals surface area contributed by atoms with Crippen LogP contribution < -0.4 is 5.32 Å². The van der Waals surface area contributed by atoms with Crippen LogP contribution in [0.25, 0.3) is 10.9 Å². The Balaban J connectivity index is 1.68. The van der Waals surface area contributed by atoms with Gasteiger partial charge in [-0.15, -0.1) is 0 Å². The molecule has 0 bridgehead atoms. The fraction of sp³-hybridized carbons (Fsp3) is 0.429. The van der Waals surface area contributed by atoms with E-state index in [1.54, 1.807) is 0 Å². The molecule has 2 heterocycles. The van der Waals surface area contributed by atoms with Crippen molar-refractivity contribution in [3.05, 3.63) is 51.5 Å². The topological polar surface area (TPSA) is 62.7 Å². The van der Waals surface area contributed by atoms with Gasteiger partial charge in [0.15, 0.2) is 0 Å². The highest BCUT2D eigenvalue weighted by molar-refractivity contribution is 5.88. The van der Waals surface area contributed by atoms with Gasteiger partial charge in [-0.2, -0.15) is 5.10 Å². The molecule has 1 aromatic carbocycles. The summed E-state index contributed by atoms with van der Waals surface area (Å²) in [5.41, 5.74) is 9.26. The van der Waals surface area contributed by atoms with E-state index in [2.05, 4.69) is 48.3 Å². The fourth-order valence-electron chi connectivity index (χ4n) is 3.63. The Morgan fingerprint density at radius 1 is 1.19 bits per heavy atom. The molecule has 0 aliphatic heterocycles.